The highest BCUT2D eigenvalue weighted by molar-refractivity contribution is 5.92. The highest BCUT2D eigenvalue weighted by atomic mass is 16.2. The van der Waals surface area contributed by atoms with Crippen LogP contribution in [0.4, 0.5) is 0 Å². The van der Waals surface area contributed by atoms with Crippen LogP contribution in [0.2, 0.25) is 0 Å². The smallest absolute Gasteiger partial charge is 0.273 e. The number of amides is 1. The van der Waals surface area contributed by atoms with Crippen molar-refractivity contribution < 1.29 is 4.79 Å². The molecule has 6 nitrogen and oxygen atoms in total. The van der Waals surface area contributed by atoms with Crippen LogP contribution in [-0.4, -0.2) is 63.3 Å². The molecule has 0 bridgehead atoms. The van der Waals surface area contributed by atoms with E-state index in [4.69, 9.17) is 0 Å². The van der Waals surface area contributed by atoms with E-state index >= 15 is 0 Å². The number of carbonyl (C=O) groups is 1. The van der Waals surface area contributed by atoms with E-state index in [-0.39, 0.29) is 5.91 Å². The lowest BCUT2D eigenvalue weighted by atomic mass is 10.3. The van der Waals surface area contributed by atoms with Crippen LogP contribution in [0.25, 0.3) is 5.78 Å². The van der Waals surface area contributed by atoms with E-state index in [0.717, 1.165) is 32.6 Å². The summed E-state index contributed by atoms with van der Waals surface area (Å²) in [6.45, 7) is 8.15. The molecule has 0 aliphatic carbocycles. The standard InChI is InChI=1S/C15H23N5O/c1-4-19(5-2)10-7-9-18(3)14(21)13-12-20-11-6-8-16-15(20)17-13/h6,8,11-12H,4-5,7,9-10H2,1-3H3. The van der Waals surface area contributed by atoms with Crippen molar-refractivity contribution in [1.82, 2.24) is 24.2 Å². The van der Waals surface area contributed by atoms with Crippen LogP contribution in [0.3, 0.4) is 0 Å². The molecule has 2 aromatic heterocycles. The highest BCUT2D eigenvalue weighted by Crippen LogP contribution is 2.05. The van der Waals surface area contributed by atoms with Gasteiger partial charge in [-0.15, -0.1) is 0 Å². The normalized spacial score (nSPS) is 11.2. The first kappa shape index (κ1) is 15.4. The van der Waals surface area contributed by atoms with Crippen molar-refractivity contribution >= 4 is 11.7 Å². The zero-order valence-electron chi connectivity index (χ0n) is 13.0. The van der Waals surface area contributed by atoms with Gasteiger partial charge < -0.3 is 9.80 Å². The third-order valence-corrected chi connectivity index (χ3v) is 3.66. The summed E-state index contributed by atoms with van der Waals surface area (Å²) in [6, 6.07) is 1.82. The van der Waals surface area contributed by atoms with E-state index in [1.54, 1.807) is 21.7 Å². The fraction of sp³-hybridized carbons (Fsp3) is 0.533. The lowest BCUT2D eigenvalue weighted by Crippen LogP contribution is -2.31. The van der Waals surface area contributed by atoms with Crippen molar-refractivity contribution in [3.05, 3.63) is 30.4 Å². The van der Waals surface area contributed by atoms with Gasteiger partial charge in [-0.2, -0.15) is 0 Å². The molecule has 2 heterocycles. The van der Waals surface area contributed by atoms with Gasteiger partial charge in [0.2, 0.25) is 5.78 Å². The topological polar surface area (TPSA) is 53.7 Å². The Balaban J connectivity index is 1.92. The van der Waals surface area contributed by atoms with Gasteiger partial charge in [-0.05, 0) is 32.1 Å². The lowest BCUT2D eigenvalue weighted by molar-refractivity contribution is 0.0784. The number of imidazole rings is 1. The van der Waals surface area contributed by atoms with Gasteiger partial charge in [0.05, 0.1) is 0 Å². The Labute approximate surface area is 125 Å². The van der Waals surface area contributed by atoms with E-state index in [0.29, 0.717) is 11.5 Å². The molecule has 0 radical (unpaired) electrons. The summed E-state index contributed by atoms with van der Waals surface area (Å²) in [7, 11) is 1.82. The maximum absolute atomic E-state index is 12.3. The Bertz CT molecular complexity index is 558. The molecule has 0 N–H and O–H groups in total. The number of carbonyl (C=O) groups excluding carboxylic acids is 1. The molecule has 0 spiro atoms. The van der Waals surface area contributed by atoms with Crippen molar-refractivity contribution in [3.63, 3.8) is 0 Å². The van der Waals surface area contributed by atoms with Crippen LogP contribution >= 0.6 is 0 Å². The minimum atomic E-state index is -0.0555. The molecule has 1 amide bonds. The lowest BCUT2D eigenvalue weighted by Gasteiger charge is -2.20. The van der Waals surface area contributed by atoms with Crippen LogP contribution in [0.5, 0.6) is 0 Å². The molecular weight excluding hydrogens is 266 g/mol. The van der Waals surface area contributed by atoms with E-state index in [9.17, 15) is 4.79 Å². The molecule has 0 saturated heterocycles. The average molecular weight is 289 g/mol. The van der Waals surface area contributed by atoms with E-state index < -0.39 is 0 Å². The monoisotopic (exact) mass is 289 g/mol. The van der Waals surface area contributed by atoms with Crippen LogP contribution in [-0.2, 0) is 0 Å². The quantitative estimate of drug-likeness (QED) is 0.776. The SMILES string of the molecule is CCN(CC)CCCN(C)C(=O)c1cn2cccnc2n1. The predicted molar refractivity (Wildman–Crippen MR) is 82.4 cm³/mol. The number of rotatable bonds is 7. The van der Waals surface area contributed by atoms with Crippen LogP contribution in [0.1, 0.15) is 30.8 Å². The number of hydrogen-bond acceptors (Lipinski definition) is 4. The van der Waals surface area contributed by atoms with Gasteiger partial charge >= 0.3 is 0 Å². The molecule has 0 aliphatic rings. The van der Waals surface area contributed by atoms with Crippen LogP contribution in [0.15, 0.2) is 24.7 Å². The molecule has 21 heavy (non-hydrogen) atoms. The summed E-state index contributed by atoms with van der Waals surface area (Å²) in [4.78, 5) is 24.8. The minimum absolute atomic E-state index is 0.0555. The third-order valence-electron chi connectivity index (χ3n) is 3.66. The second-order valence-electron chi connectivity index (χ2n) is 5.06. The number of aromatic nitrogens is 3. The number of nitrogens with zero attached hydrogens (tertiary/aromatic N) is 5. The summed E-state index contributed by atoms with van der Waals surface area (Å²) in [6.07, 6.45) is 6.21. The molecular formula is C15H23N5O. The fourth-order valence-electron chi connectivity index (χ4n) is 2.30. The van der Waals surface area contributed by atoms with Gasteiger partial charge in [-0.3, -0.25) is 9.20 Å². The zero-order chi connectivity index (χ0) is 15.2. The Morgan fingerprint density at radius 2 is 2.05 bits per heavy atom. The maximum Gasteiger partial charge on any atom is 0.273 e. The zero-order valence-corrected chi connectivity index (χ0v) is 13.0. The number of fused-ring (bicyclic) bond motifs is 1. The number of hydrogen-bond donors (Lipinski definition) is 0. The van der Waals surface area contributed by atoms with Gasteiger partial charge in [0.1, 0.15) is 5.69 Å². The summed E-state index contributed by atoms with van der Waals surface area (Å²) in [5.74, 6) is 0.498. The van der Waals surface area contributed by atoms with Gasteiger partial charge in [-0.25, -0.2) is 9.97 Å². The molecule has 0 unspecified atom stereocenters. The van der Waals surface area contributed by atoms with Crippen LogP contribution in [0, 0.1) is 0 Å². The van der Waals surface area contributed by atoms with E-state index in [1.165, 1.54) is 0 Å². The average Bonchev–Trinajstić information content (AvgIpc) is 2.94. The van der Waals surface area contributed by atoms with Crippen LogP contribution < -0.4 is 0 Å². The first-order valence-electron chi connectivity index (χ1n) is 7.43. The molecule has 2 rings (SSSR count). The van der Waals surface area contributed by atoms with Gasteiger partial charge in [0.15, 0.2) is 0 Å². The summed E-state index contributed by atoms with van der Waals surface area (Å²) >= 11 is 0. The summed E-state index contributed by atoms with van der Waals surface area (Å²) < 4.78 is 1.76. The molecule has 0 atom stereocenters. The van der Waals surface area contributed by atoms with Crippen molar-refractivity contribution in [2.75, 3.05) is 33.2 Å². The van der Waals surface area contributed by atoms with Crippen molar-refractivity contribution in [2.24, 2.45) is 0 Å². The van der Waals surface area contributed by atoms with E-state index in [2.05, 4.69) is 28.7 Å². The van der Waals surface area contributed by atoms with Crippen molar-refractivity contribution in [2.45, 2.75) is 20.3 Å². The first-order valence-corrected chi connectivity index (χ1v) is 7.43. The predicted octanol–water partition coefficient (Wildman–Crippen LogP) is 1.53. The molecule has 6 heteroatoms. The van der Waals surface area contributed by atoms with Gasteiger partial charge in [0.25, 0.3) is 5.91 Å². The van der Waals surface area contributed by atoms with Crippen molar-refractivity contribution in [3.8, 4) is 0 Å². The van der Waals surface area contributed by atoms with Gasteiger partial charge in [-0.1, -0.05) is 13.8 Å². The Hall–Kier alpha value is -1.95. The summed E-state index contributed by atoms with van der Waals surface area (Å²) in [5, 5.41) is 0. The molecule has 2 aromatic rings. The minimum Gasteiger partial charge on any atom is -0.340 e. The Kier molecular flexibility index (Phi) is 5.27. The third kappa shape index (κ3) is 3.78. The first-order chi connectivity index (χ1) is 10.2. The van der Waals surface area contributed by atoms with E-state index in [1.807, 2.05) is 19.3 Å². The Morgan fingerprint density at radius 3 is 2.71 bits per heavy atom. The fourth-order valence-corrected chi connectivity index (χ4v) is 2.30. The second kappa shape index (κ2) is 7.17. The molecule has 0 saturated carbocycles. The Morgan fingerprint density at radius 1 is 1.29 bits per heavy atom. The van der Waals surface area contributed by atoms with Crippen molar-refractivity contribution in [1.29, 1.82) is 0 Å². The summed E-state index contributed by atoms with van der Waals surface area (Å²) in [5.41, 5.74) is 0.444. The molecule has 114 valence electrons. The molecule has 0 fully saturated rings. The molecule has 0 aliphatic heterocycles. The highest BCUT2D eigenvalue weighted by Gasteiger charge is 2.15. The maximum atomic E-state index is 12.3. The molecule has 0 aromatic carbocycles. The largest absolute Gasteiger partial charge is 0.340 e. The second-order valence-corrected chi connectivity index (χ2v) is 5.06. The van der Waals surface area contributed by atoms with Gasteiger partial charge in [0, 0.05) is 32.2 Å².